The van der Waals surface area contributed by atoms with E-state index in [0.29, 0.717) is 17.2 Å². The Labute approximate surface area is 93.8 Å². The molecular weight excluding hydrogens is 235 g/mol. The summed E-state index contributed by atoms with van der Waals surface area (Å²) in [5, 5.41) is 9.30. The molecule has 0 aliphatic rings. The van der Waals surface area contributed by atoms with Crippen LogP contribution in [-0.2, 0) is 11.0 Å². The zero-order valence-electron chi connectivity index (χ0n) is 8.51. The minimum atomic E-state index is -4.40. The molecule has 7 heteroatoms. The van der Waals surface area contributed by atoms with Crippen molar-refractivity contribution in [3.63, 3.8) is 0 Å². The first-order chi connectivity index (χ1) is 8.02. The molecular formula is C10H8F3N3O. The van der Waals surface area contributed by atoms with Crippen LogP contribution in [0.1, 0.15) is 5.56 Å². The van der Waals surface area contributed by atoms with Crippen LogP contribution in [0, 0.1) is 0 Å². The van der Waals surface area contributed by atoms with E-state index in [1.807, 2.05) is 0 Å². The molecule has 1 aromatic heterocycles. The van der Waals surface area contributed by atoms with E-state index in [1.165, 1.54) is 6.07 Å². The summed E-state index contributed by atoms with van der Waals surface area (Å²) in [5.41, 5.74) is -0.271. The van der Waals surface area contributed by atoms with E-state index >= 15 is 0 Å². The van der Waals surface area contributed by atoms with Crippen LogP contribution in [0.25, 0.3) is 10.9 Å². The molecule has 2 aromatic rings. The predicted octanol–water partition coefficient (Wildman–Crippen LogP) is 2.19. The molecule has 0 spiro atoms. The summed E-state index contributed by atoms with van der Waals surface area (Å²) in [6.07, 6.45) is -3.79. The number of fused-ring (bicyclic) bond motifs is 1. The van der Waals surface area contributed by atoms with Crippen LogP contribution in [0.3, 0.4) is 0 Å². The van der Waals surface area contributed by atoms with Crippen molar-refractivity contribution in [2.75, 3.05) is 11.9 Å². The molecule has 0 atom stereocenters. The Bertz CT molecular complexity index is 547. The molecule has 17 heavy (non-hydrogen) atoms. The number of aldehydes is 1. The first-order valence-electron chi connectivity index (χ1n) is 4.75. The SMILES string of the molecule is O=CCNc1n[nH]c2ccc(C(F)(F)F)cc12. The Balaban J connectivity index is 2.46. The molecule has 4 nitrogen and oxygen atoms in total. The standard InChI is InChI=1S/C10H8F3N3O/c11-10(12,13)6-1-2-8-7(5-6)9(16-15-8)14-3-4-17/h1-2,4-5H,3H2,(H2,14,15,16). The Morgan fingerprint density at radius 1 is 1.41 bits per heavy atom. The van der Waals surface area contributed by atoms with Gasteiger partial charge in [0.05, 0.1) is 17.6 Å². The quantitative estimate of drug-likeness (QED) is 0.812. The van der Waals surface area contributed by atoms with Gasteiger partial charge in [0.15, 0.2) is 5.82 Å². The lowest BCUT2D eigenvalue weighted by molar-refractivity contribution is -0.137. The number of nitrogens with zero attached hydrogens (tertiary/aromatic N) is 1. The number of nitrogens with one attached hydrogen (secondary N) is 2. The number of rotatable bonds is 3. The number of alkyl halides is 3. The zero-order valence-corrected chi connectivity index (χ0v) is 8.51. The van der Waals surface area contributed by atoms with E-state index in [2.05, 4.69) is 15.5 Å². The van der Waals surface area contributed by atoms with E-state index in [9.17, 15) is 18.0 Å². The summed E-state index contributed by atoms with van der Waals surface area (Å²) in [6.45, 7) is -0.00377. The predicted molar refractivity (Wildman–Crippen MR) is 55.6 cm³/mol. The number of anilines is 1. The number of carbonyl (C=O) groups excluding carboxylic acids is 1. The second-order valence-corrected chi connectivity index (χ2v) is 3.38. The molecule has 1 heterocycles. The fourth-order valence-corrected chi connectivity index (χ4v) is 1.46. The van der Waals surface area contributed by atoms with Gasteiger partial charge in [0.25, 0.3) is 0 Å². The number of halogens is 3. The van der Waals surface area contributed by atoms with E-state index < -0.39 is 11.7 Å². The highest BCUT2D eigenvalue weighted by molar-refractivity contribution is 5.90. The first kappa shape index (κ1) is 11.4. The van der Waals surface area contributed by atoms with E-state index in [4.69, 9.17) is 0 Å². The maximum Gasteiger partial charge on any atom is 0.416 e. The number of carbonyl (C=O) groups is 1. The minimum Gasteiger partial charge on any atom is -0.361 e. The number of hydrogen-bond acceptors (Lipinski definition) is 3. The molecule has 90 valence electrons. The number of H-pyrrole nitrogens is 1. The molecule has 0 bridgehead atoms. The van der Waals surface area contributed by atoms with Crippen molar-refractivity contribution < 1.29 is 18.0 Å². The van der Waals surface area contributed by atoms with Crippen LogP contribution < -0.4 is 5.32 Å². The molecule has 0 amide bonds. The minimum absolute atomic E-state index is 0.00377. The zero-order chi connectivity index (χ0) is 12.5. The van der Waals surface area contributed by atoms with Gasteiger partial charge in [-0.1, -0.05) is 0 Å². The summed E-state index contributed by atoms with van der Waals surface area (Å²) in [6, 6.07) is 3.27. The highest BCUT2D eigenvalue weighted by Crippen LogP contribution is 2.32. The van der Waals surface area contributed by atoms with Crippen molar-refractivity contribution in [2.45, 2.75) is 6.18 Å². The van der Waals surface area contributed by atoms with Gasteiger partial charge in [-0.05, 0) is 18.2 Å². The smallest absolute Gasteiger partial charge is 0.361 e. The maximum absolute atomic E-state index is 12.5. The second-order valence-electron chi connectivity index (χ2n) is 3.38. The molecule has 0 saturated carbocycles. The van der Waals surface area contributed by atoms with Crippen molar-refractivity contribution in [1.82, 2.24) is 10.2 Å². The molecule has 0 aliphatic heterocycles. The van der Waals surface area contributed by atoms with Crippen molar-refractivity contribution in [3.8, 4) is 0 Å². The summed E-state index contributed by atoms with van der Waals surface area (Å²) in [5.74, 6) is 0.234. The number of benzene rings is 1. The fourth-order valence-electron chi connectivity index (χ4n) is 1.46. The molecule has 1 aromatic carbocycles. The van der Waals surface area contributed by atoms with Crippen LogP contribution in [-0.4, -0.2) is 23.0 Å². The van der Waals surface area contributed by atoms with Crippen molar-refractivity contribution in [1.29, 1.82) is 0 Å². The lowest BCUT2D eigenvalue weighted by Crippen LogP contribution is -2.05. The van der Waals surface area contributed by atoms with Gasteiger partial charge in [-0.3, -0.25) is 5.10 Å². The highest BCUT2D eigenvalue weighted by Gasteiger charge is 2.30. The molecule has 0 radical (unpaired) electrons. The molecule has 0 unspecified atom stereocenters. The molecule has 0 aliphatic carbocycles. The van der Waals surface area contributed by atoms with Crippen LogP contribution in [0.15, 0.2) is 18.2 Å². The van der Waals surface area contributed by atoms with Gasteiger partial charge in [0, 0.05) is 5.39 Å². The highest BCUT2D eigenvalue weighted by atomic mass is 19.4. The van der Waals surface area contributed by atoms with Crippen molar-refractivity contribution in [2.24, 2.45) is 0 Å². The molecule has 2 rings (SSSR count). The normalized spacial score (nSPS) is 11.7. The van der Waals surface area contributed by atoms with Gasteiger partial charge in [-0.15, -0.1) is 0 Å². The molecule has 2 N–H and O–H groups in total. The van der Waals surface area contributed by atoms with Gasteiger partial charge in [-0.25, -0.2) is 0 Å². The third kappa shape index (κ3) is 2.22. The van der Waals surface area contributed by atoms with Crippen LogP contribution in [0.5, 0.6) is 0 Å². The summed E-state index contributed by atoms with van der Waals surface area (Å²) >= 11 is 0. The second kappa shape index (κ2) is 4.08. The topological polar surface area (TPSA) is 57.8 Å². The van der Waals surface area contributed by atoms with Crippen LogP contribution in [0.4, 0.5) is 19.0 Å². The number of aromatic amines is 1. The van der Waals surface area contributed by atoms with Crippen LogP contribution in [0.2, 0.25) is 0 Å². The summed E-state index contributed by atoms with van der Waals surface area (Å²) in [4.78, 5) is 10.2. The van der Waals surface area contributed by atoms with Gasteiger partial charge in [-0.2, -0.15) is 18.3 Å². The third-order valence-electron chi connectivity index (χ3n) is 2.24. The van der Waals surface area contributed by atoms with E-state index in [0.717, 1.165) is 12.1 Å². The molecule has 0 fully saturated rings. The van der Waals surface area contributed by atoms with Gasteiger partial charge < -0.3 is 10.1 Å². The largest absolute Gasteiger partial charge is 0.416 e. The lowest BCUT2D eigenvalue weighted by Gasteiger charge is -2.06. The van der Waals surface area contributed by atoms with Gasteiger partial charge in [0.1, 0.15) is 6.29 Å². The lowest BCUT2D eigenvalue weighted by atomic mass is 10.1. The Morgan fingerprint density at radius 3 is 2.82 bits per heavy atom. The Morgan fingerprint density at radius 2 is 2.18 bits per heavy atom. The number of hydrogen-bond donors (Lipinski definition) is 2. The van der Waals surface area contributed by atoms with Crippen molar-refractivity contribution in [3.05, 3.63) is 23.8 Å². The fraction of sp³-hybridized carbons (Fsp3) is 0.200. The van der Waals surface area contributed by atoms with Crippen molar-refractivity contribution >= 4 is 23.0 Å². The maximum atomic E-state index is 12.5. The van der Waals surface area contributed by atoms with E-state index in [1.54, 1.807) is 0 Å². The average Bonchev–Trinajstić information content (AvgIpc) is 2.67. The average molecular weight is 243 g/mol. The monoisotopic (exact) mass is 243 g/mol. The van der Waals surface area contributed by atoms with Crippen LogP contribution >= 0.6 is 0 Å². The van der Waals surface area contributed by atoms with Gasteiger partial charge in [0.2, 0.25) is 0 Å². The first-order valence-corrected chi connectivity index (χ1v) is 4.75. The number of aromatic nitrogens is 2. The Hall–Kier alpha value is -2.05. The Kier molecular flexibility index (Phi) is 2.74. The summed E-state index contributed by atoms with van der Waals surface area (Å²) < 4.78 is 37.5. The van der Waals surface area contributed by atoms with E-state index in [-0.39, 0.29) is 12.4 Å². The third-order valence-corrected chi connectivity index (χ3v) is 2.24. The summed E-state index contributed by atoms with van der Waals surface area (Å²) in [7, 11) is 0. The molecule has 0 saturated heterocycles. The van der Waals surface area contributed by atoms with Gasteiger partial charge >= 0.3 is 6.18 Å².